The molecular formula is C20H27N5O2. The van der Waals surface area contributed by atoms with Gasteiger partial charge in [-0.1, -0.05) is 17.3 Å². The van der Waals surface area contributed by atoms with Crippen molar-refractivity contribution in [1.82, 2.24) is 20.4 Å². The average Bonchev–Trinajstić information content (AvgIpc) is 3.32. The lowest BCUT2D eigenvalue weighted by atomic mass is 9.96. The molecule has 2 aliphatic rings. The first-order valence-electron chi connectivity index (χ1n) is 9.70. The summed E-state index contributed by atoms with van der Waals surface area (Å²) < 4.78 is 5.41. The Morgan fingerprint density at radius 1 is 1.19 bits per heavy atom. The van der Waals surface area contributed by atoms with E-state index in [2.05, 4.69) is 63.6 Å². The standard InChI is InChI=1S/C20H27N5O2/c1-24(2)16-5-3-14(4-6-16)13-25-11-9-15(10-12-25)19-22-20(27-23-19)17-7-8-18(26)21-17/h3-6,15,17H,7-13H2,1-2H3,(H,21,26)/t17-/m0/s1. The van der Waals surface area contributed by atoms with Crippen LogP contribution in [-0.2, 0) is 11.3 Å². The Bertz CT molecular complexity index is 778. The third-order valence-electron chi connectivity index (χ3n) is 5.56. The zero-order chi connectivity index (χ0) is 18.8. The Hall–Kier alpha value is -2.41. The van der Waals surface area contributed by atoms with E-state index in [1.54, 1.807) is 0 Å². The number of hydrogen-bond acceptors (Lipinski definition) is 6. The molecule has 1 N–H and O–H groups in total. The van der Waals surface area contributed by atoms with Crippen molar-refractivity contribution >= 4 is 11.6 Å². The second kappa shape index (κ2) is 7.68. The topological polar surface area (TPSA) is 74.5 Å². The summed E-state index contributed by atoms with van der Waals surface area (Å²) in [7, 11) is 4.12. The number of nitrogens with zero attached hydrogens (tertiary/aromatic N) is 4. The van der Waals surface area contributed by atoms with Crippen LogP contribution in [0.5, 0.6) is 0 Å². The number of piperidine rings is 1. The van der Waals surface area contributed by atoms with Gasteiger partial charge in [0.15, 0.2) is 5.82 Å². The van der Waals surface area contributed by atoms with Crippen LogP contribution < -0.4 is 10.2 Å². The number of carbonyl (C=O) groups excluding carboxylic acids is 1. The van der Waals surface area contributed by atoms with Gasteiger partial charge in [0, 0.05) is 38.7 Å². The molecule has 0 aliphatic carbocycles. The van der Waals surface area contributed by atoms with Crippen LogP contribution in [0.3, 0.4) is 0 Å². The first-order chi connectivity index (χ1) is 13.1. The van der Waals surface area contributed by atoms with E-state index in [1.807, 2.05) is 0 Å². The number of nitrogens with one attached hydrogen (secondary N) is 1. The zero-order valence-corrected chi connectivity index (χ0v) is 16.0. The summed E-state index contributed by atoms with van der Waals surface area (Å²) in [5, 5.41) is 7.07. The highest BCUT2D eigenvalue weighted by Gasteiger charge is 2.30. The maximum Gasteiger partial charge on any atom is 0.249 e. The highest BCUT2D eigenvalue weighted by atomic mass is 16.5. The molecule has 3 heterocycles. The van der Waals surface area contributed by atoms with Crippen LogP contribution in [0.1, 0.15) is 54.9 Å². The Kier molecular flexibility index (Phi) is 5.11. The van der Waals surface area contributed by atoms with Crippen LogP contribution in [-0.4, -0.2) is 48.1 Å². The maximum absolute atomic E-state index is 11.4. The molecule has 7 heteroatoms. The summed E-state index contributed by atoms with van der Waals surface area (Å²) in [5.74, 6) is 1.75. The molecule has 144 valence electrons. The molecule has 0 unspecified atom stereocenters. The Labute approximate surface area is 159 Å². The van der Waals surface area contributed by atoms with Crippen molar-refractivity contribution in [3.05, 3.63) is 41.5 Å². The monoisotopic (exact) mass is 369 g/mol. The van der Waals surface area contributed by atoms with Crippen molar-refractivity contribution in [3.8, 4) is 0 Å². The molecule has 7 nitrogen and oxygen atoms in total. The molecule has 1 aromatic carbocycles. The number of rotatable bonds is 5. The molecular weight excluding hydrogens is 342 g/mol. The maximum atomic E-state index is 11.4. The highest BCUT2D eigenvalue weighted by molar-refractivity contribution is 5.78. The first-order valence-corrected chi connectivity index (χ1v) is 9.70. The predicted octanol–water partition coefficient (Wildman–Crippen LogP) is 2.47. The fourth-order valence-corrected chi connectivity index (χ4v) is 3.86. The number of anilines is 1. The number of carbonyl (C=O) groups is 1. The minimum atomic E-state index is -0.107. The molecule has 2 fully saturated rings. The molecule has 1 atom stereocenters. The Balaban J connectivity index is 1.30. The fraction of sp³-hybridized carbons (Fsp3) is 0.550. The lowest BCUT2D eigenvalue weighted by molar-refractivity contribution is -0.119. The van der Waals surface area contributed by atoms with Gasteiger partial charge in [-0.15, -0.1) is 0 Å². The van der Waals surface area contributed by atoms with Crippen LogP contribution in [0.25, 0.3) is 0 Å². The molecule has 0 saturated carbocycles. The molecule has 4 rings (SSSR count). The molecule has 2 saturated heterocycles. The summed E-state index contributed by atoms with van der Waals surface area (Å²) in [6.07, 6.45) is 3.35. The van der Waals surface area contributed by atoms with E-state index >= 15 is 0 Å². The molecule has 2 aliphatic heterocycles. The third kappa shape index (κ3) is 4.13. The average molecular weight is 369 g/mol. The van der Waals surface area contributed by atoms with E-state index in [1.165, 1.54) is 11.3 Å². The van der Waals surface area contributed by atoms with Gasteiger partial charge in [0.25, 0.3) is 0 Å². The Morgan fingerprint density at radius 3 is 2.56 bits per heavy atom. The van der Waals surface area contributed by atoms with Gasteiger partial charge >= 0.3 is 0 Å². The smallest absolute Gasteiger partial charge is 0.249 e. The number of likely N-dealkylation sites (tertiary alicyclic amines) is 1. The van der Waals surface area contributed by atoms with Crippen LogP contribution in [0.2, 0.25) is 0 Å². The van der Waals surface area contributed by atoms with Gasteiger partial charge in [0.05, 0.1) is 0 Å². The van der Waals surface area contributed by atoms with E-state index in [-0.39, 0.29) is 11.9 Å². The first kappa shape index (κ1) is 18.0. The van der Waals surface area contributed by atoms with Gasteiger partial charge in [-0.25, -0.2) is 0 Å². The van der Waals surface area contributed by atoms with E-state index in [9.17, 15) is 4.79 Å². The molecule has 0 radical (unpaired) electrons. The quantitative estimate of drug-likeness (QED) is 0.873. The van der Waals surface area contributed by atoms with Gasteiger partial charge in [-0.05, 0) is 50.0 Å². The van der Waals surface area contributed by atoms with E-state index in [0.717, 1.165) is 44.7 Å². The minimum Gasteiger partial charge on any atom is -0.378 e. The molecule has 1 aromatic heterocycles. The van der Waals surface area contributed by atoms with Crippen molar-refractivity contribution in [2.75, 3.05) is 32.1 Å². The van der Waals surface area contributed by atoms with Crippen LogP contribution in [0.4, 0.5) is 5.69 Å². The predicted molar refractivity (Wildman–Crippen MR) is 102 cm³/mol. The SMILES string of the molecule is CN(C)c1ccc(CN2CCC(c3noc([C@@H]4CCC(=O)N4)n3)CC2)cc1. The second-order valence-corrected chi connectivity index (χ2v) is 7.76. The van der Waals surface area contributed by atoms with Crippen LogP contribution in [0, 0.1) is 0 Å². The van der Waals surface area contributed by atoms with Crippen LogP contribution in [0.15, 0.2) is 28.8 Å². The highest BCUT2D eigenvalue weighted by Crippen LogP contribution is 2.29. The largest absolute Gasteiger partial charge is 0.378 e. The third-order valence-corrected chi connectivity index (χ3v) is 5.56. The summed E-state index contributed by atoms with van der Waals surface area (Å²) in [6, 6.07) is 8.66. The van der Waals surface area contributed by atoms with Gasteiger partial charge in [0.1, 0.15) is 6.04 Å². The van der Waals surface area contributed by atoms with Gasteiger partial charge in [-0.2, -0.15) is 4.98 Å². The van der Waals surface area contributed by atoms with Gasteiger partial charge in [0.2, 0.25) is 11.8 Å². The number of benzene rings is 1. The van der Waals surface area contributed by atoms with Crippen molar-refractivity contribution in [2.24, 2.45) is 0 Å². The summed E-state index contributed by atoms with van der Waals surface area (Å²) in [6.45, 7) is 3.04. The fourth-order valence-electron chi connectivity index (χ4n) is 3.86. The van der Waals surface area contributed by atoms with Gasteiger partial charge < -0.3 is 14.7 Å². The summed E-state index contributed by atoms with van der Waals surface area (Å²) >= 11 is 0. The van der Waals surface area contributed by atoms with Gasteiger partial charge in [-0.3, -0.25) is 9.69 Å². The van der Waals surface area contributed by atoms with Crippen molar-refractivity contribution in [1.29, 1.82) is 0 Å². The lowest BCUT2D eigenvalue weighted by Gasteiger charge is -2.30. The normalized spacial score (nSPS) is 21.4. The van der Waals surface area contributed by atoms with E-state index in [4.69, 9.17) is 4.52 Å². The lowest BCUT2D eigenvalue weighted by Crippen LogP contribution is -2.32. The molecule has 0 bridgehead atoms. The zero-order valence-electron chi connectivity index (χ0n) is 16.0. The van der Waals surface area contributed by atoms with Crippen LogP contribution >= 0.6 is 0 Å². The molecule has 2 aromatic rings. The van der Waals surface area contributed by atoms with E-state index < -0.39 is 0 Å². The Morgan fingerprint density at radius 2 is 1.93 bits per heavy atom. The summed E-state index contributed by atoms with van der Waals surface area (Å²) in [4.78, 5) is 20.5. The number of amides is 1. The number of hydrogen-bond donors (Lipinski definition) is 1. The second-order valence-electron chi connectivity index (χ2n) is 7.76. The minimum absolute atomic E-state index is 0.0617. The summed E-state index contributed by atoms with van der Waals surface area (Å²) in [5.41, 5.74) is 2.57. The molecule has 27 heavy (non-hydrogen) atoms. The molecule has 1 amide bonds. The number of aromatic nitrogens is 2. The van der Waals surface area contributed by atoms with Crippen molar-refractivity contribution in [3.63, 3.8) is 0 Å². The van der Waals surface area contributed by atoms with Crippen molar-refractivity contribution < 1.29 is 9.32 Å². The molecule has 0 spiro atoms. The van der Waals surface area contributed by atoms with Crippen molar-refractivity contribution in [2.45, 2.75) is 44.2 Å². The van der Waals surface area contributed by atoms with E-state index in [0.29, 0.717) is 18.2 Å².